The summed E-state index contributed by atoms with van der Waals surface area (Å²) in [6, 6.07) is 7.25. The molecule has 0 aromatic heterocycles. The maximum Gasteiger partial charge on any atom is 0.338 e. The lowest BCUT2D eigenvalue weighted by atomic mass is 10.0. The summed E-state index contributed by atoms with van der Waals surface area (Å²) in [5, 5.41) is 19.8. The Kier molecular flexibility index (Phi) is 6.61. The van der Waals surface area contributed by atoms with Gasteiger partial charge in [0.15, 0.2) is 6.10 Å². The van der Waals surface area contributed by atoms with E-state index in [1.165, 1.54) is 6.92 Å². The SMILES string of the molecule is CCOC(=O)[C@@H](O)[C@](C)(O)COCc1ccc(OC)cc1. The fourth-order valence-corrected chi connectivity index (χ4v) is 1.65. The molecule has 2 atom stereocenters. The molecule has 1 aromatic carbocycles. The van der Waals surface area contributed by atoms with E-state index in [0.717, 1.165) is 11.3 Å². The van der Waals surface area contributed by atoms with Crippen LogP contribution < -0.4 is 4.74 Å². The second-order valence-electron chi connectivity index (χ2n) is 4.85. The van der Waals surface area contributed by atoms with Crippen molar-refractivity contribution in [1.82, 2.24) is 0 Å². The van der Waals surface area contributed by atoms with Gasteiger partial charge in [0.2, 0.25) is 0 Å². The van der Waals surface area contributed by atoms with E-state index in [2.05, 4.69) is 4.74 Å². The van der Waals surface area contributed by atoms with Crippen LogP contribution in [0.4, 0.5) is 0 Å². The highest BCUT2D eigenvalue weighted by Crippen LogP contribution is 2.15. The van der Waals surface area contributed by atoms with E-state index >= 15 is 0 Å². The molecule has 0 heterocycles. The minimum atomic E-state index is -1.71. The molecule has 21 heavy (non-hydrogen) atoms. The Morgan fingerprint density at radius 2 is 1.95 bits per heavy atom. The molecule has 0 aliphatic heterocycles. The molecule has 0 aliphatic rings. The Labute approximate surface area is 124 Å². The van der Waals surface area contributed by atoms with Crippen LogP contribution in [-0.4, -0.2) is 48.2 Å². The van der Waals surface area contributed by atoms with Crippen LogP contribution in [0.3, 0.4) is 0 Å². The van der Waals surface area contributed by atoms with E-state index in [1.54, 1.807) is 26.2 Å². The zero-order valence-corrected chi connectivity index (χ0v) is 12.5. The molecule has 0 aliphatic carbocycles. The third kappa shape index (κ3) is 5.34. The second-order valence-corrected chi connectivity index (χ2v) is 4.85. The van der Waals surface area contributed by atoms with Crippen molar-refractivity contribution in [3.05, 3.63) is 29.8 Å². The van der Waals surface area contributed by atoms with Crippen molar-refractivity contribution in [2.24, 2.45) is 0 Å². The number of hydrogen-bond acceptors (Lipinski definition) is 6. The van der Waals surface area contributed by atoms with Gasteiger partial charge in [0.05, 0.1) is 26.9 Å². The first kappa shape index (κ1) is 17.4. The molecule has 2 N–H and O–H groups in total. The van der Waals surface area contributed by atoms with Crippen molar-refractivity contribution >= 4 is 5.97 Å². The van der Waals surface area contributed by atoms with E-state index in [-0.39, 0.29) is 19.8 Å². The maximum absolute atomic E-state index is 11.4. The highest BCUT2D eigenvalue weighted by molar-refractivity contribution is 5.75. The molecule has 1 aromatic rings. The normalized spacial score (nSPS) is 15.1. The van der Waals surface area contributed by atoms with E-state index < -0.39 is 17.7 Å². The summed E-state index contributed by atoms with van der Waals surface area (Å²) in [5.41, 5.74) is -0.823. The minimum Gasteiger partial charge on any atom is -0.497 e. The first-order chi connectivity index (χ1) is 9.90. The zero-order valence-electron chi connectivity index (χ0n) is 12.5. The molecule has 0 saturated heterocycles. The summed E-state index contributed by atoms with van der Waals surface area (Å²) in [5.74, 6) is -0.126. The summed E-state index contributed by atoms with van der Waals surface area (Å²) >= 11 is 0. The molecular weight excluding hydrogens is 276 g/mol. The van der Waals surface area contributed by atoms with Crippen LogP contribution in [-0.2, 0) is 20.9 Å². The smallest absolute Gasteiger partial charge is 0.338 e. The number of benzene rings is 1. The summed E-state index contributed by atoms with van der Waals surface area (Å²) in [6.45, 7) is 3.13. The van der Waals surface area contributed by atoms with Gasteiger partial charge < -0.3 is 24.4 Å². The average molecular weight is 298 g/mol. The van der Waals surface area contributed by atoms with Gasteiger partial charge in [-0.15, -0.1) is 0 Å². The third-order valence-electron chi connectivity index (χ3n) is 2.92. The van der Waals surface area contributed by atoms with Gasteiger partial charge in [-0.2, -0.15) is 0 Å². The number of aliphatic hydroxyl groups excluding tert-OH is 1. The number of carbonyl (C=O) groups is 1. The Bertz CT molecular complexity index is 440. The first-order valence-electron chi connectivity index (χ1n) is 6.68. The van der Waals surface area contributed by atoms with Crippen LogP contribution in [0.15, 0.2) is 24.3 Å². The van der Waals surface area contributed by atoms with Crippen molar-refractivity contribution in [1.29, 1.82) is 0 Å². The molecule has 0 amide bonds. The maximum atomic E-state index is 11.4. The topological polar surface area (TPSA) is 85.2 Å². The Morgan fingerprint density at radius 1 is 1.33 bits per heavy atom. The van der Waals surface area contributed by atoms with Crippen LogP contribution in [0.2, 0.25) is 0 Å². The van der Waals surface area contributed by atoms with Crippen LogP contribution in [0.5, 0.6) is 5.75 Å². The molecule has 1 rings (SSSR count). The van der Waals surface area contributed by atoms with E-state index in [4.69, 9.17) is 9.47 Å². The van der Waals surface area contributed by atoms with Crippen molar-refractivity contribution in [2.75, 3.05) is 20.3 Å². The molecule has 0 fully saturated rings. The number of esters is 1. The number of carbonyl (C=O) groups excluding carboxylic acids is 1. The van der Waals surface area contributed by atoms with Crippen molar-refractivity contribution in [3.8, 4) is 5.75 Å². The molecule has 0 radical (unpaired) electrons. The number of aliphatic hydroxyl groups is 2. The zero-order chi connectivity index (χ0) is 15.9. The van der Waals surface area contributed by atoms with Crippen molar-refractivity contribution < 1.29 is 29.2 Å². The van der Waals surface area contributed by atoms with Crippen LogP contribution in [0.25, 0.3) is 0 Å². The van der Waals surface area contributed by atoms with Crippen LogP contribution in [0, 0.1) is 0 Å². The van der Waals surface area contributed by atoms with Gasteiger partial charge in [0.25, 0.3) is 0 Å². The summed E-state index contributed by atoms with van der Waals surface area (Å²) in [6.07, 6.45) is -1.65. The number of methoxy groups -OCH3 is 1. The summed E-state index contributed by atoms with van der Waals surface area (Å²) in [7, 11) is 1.58. The van der Waals surface area contributed by atoms with Gasteiger partial charge in [0.1, 0.15) is 11.4 Å². The van der Waals surface area contributed by atoms with Crippen LogP contribution >= 0.6 is 0 Å². The van der Waals surface area contributed by atoms with E-state index in [9.17, 15) is 15.0 Å². The van der Waals surface area contributed by atoms with Gasteiger partial charge in [-0.05, 0) is 31.5 Å². The fourth-order valence-electron chi connectivity index (χ4n) is 1.65. The molecule has 0 saturated carbocycles. The van der Waals surface area contributed by atoms with Gasteiger partial charge in [-0.25, -0.2) is 4.79 Å². The predicted molar refractivity (Wildman–Crippen MR) is 75.9 cm³/mol. The van der Waals surface area contributed by atoms with E-state index in [0.29, 0.717) is 0 Å². The molecular formula is C15H22O6. The molecule has 6 nitrogen and oxygen atoms in total. The number of hydrogen-bond donors (Lipinski definition) is 2. The quantitative estimate of drug-likeness (QED) is 0.693. The second kappa shape index (κ2) is 7.97. The first-order valence-corrected chi connectivity index (χ1v) is 6.68. The monoisotopic (exact) mass is 298 g/mol. The lowest BCUT2D eigenvalue weighted by Gasteiger charge is -2.27. The number of ether oxygens (including phenoxy) is 3. The average Bonchev–Trinajstić information content (AvgIpc) is 2.47. The molecule has 0 spiro atoms. The molecule has 118 valence electrons. The van der Waals surface area contributed by atoms with Crippen LogP contribution in [0.1, 0.15) is 19.4 Å². The summed E-state index contributed by atoms with van der Waals surface area (Å²) in [4.78, 5) is 11.4. The molecule has 6 heteroatoms. The highest BCUT2D eigenvalue weighted by Gasteiger charge is 2.37. The lowest BCUT2D eigenvalue weighted by molar-refractivity contribution is -0.174. The lowest BCUT2D eigenvalue weighted by Crippen LogP contribution is -2.48. The third-order valence-corrected chi connectivity index (χ3v) is 2.92. The van der Waals surface area contributed by atoms with Gasteiger partial charge in [-0.3, -0.25) is 0 Å². The fraction of sp³-hybridized carbons (Fsp3) is 0.533. The number of rotatable bonds is 8. The Balaban J connectivity index is 2.47. The Morgan fingerprint density at radius 3 is 2.48 bits per heavy atom. The largest absolute Gasteiger partial charge is 0.497 e. The standard InChI is InChI=1S/C15H22O6/c1-4-21-14(17)13(16)15(2,18)10-20-9-11-5-7-12(19-3)8-6-11/h5-8,13,16,18H,4,9-10H2,1-3H3/t13-,15-/m1/s1. The van der Waals surface area contributed by atoms with E-state index in [1.807, 2.05) is 12.1 Å². The summed E-state index contributed by atoms with van der Waals surface area (Å²) < 4.78 is 15.1. The highest BCUT2D eigenvalue weighted by atomic mass is 16.6. The minimum absolute atomic E-state index is 0.138. The Hall–Kier alpha value is -1.63. The van der Waals surface area contributed by atoms with Crippen molar-refractivity contribution in [3.63, 3.8) is 0 Å². The van der Waals surface area contributed by atoms with Gasteiger partial charge >= 0.3 is 5.97 Å². The molecule has 0 bridgehead atoms. The van der Waals surface area contributed by atoms with Crippen molar-refractivity contribution in [2.45, 2.75) is 32.2 Å². The molecule has 0 unspecified atom stereocenters. The predicted octanol–water partition coefficient (Wildman–Crippen LogP) is 0.887. The van der Waals surface area contributed by atoms with Gasteiger partial charge in [-0.1, -0.05) is 12.1 Å². The van der Waals surface area contributed by atoms with Gasteiger partial charge in [0, 0.05) is 0 Å².